The van der Waals surface area contributed by atoms with Gasteiger partial charge in [0.05, 0.1) is 19.6 Å². The fourth-order valence-corrected chi connectivity index (χ4v) is 3.39. The van der Waals surface area contributed by atoms with Crippen molar-refractivity contribution in [3.8, 4) is 11.8 Å². The van der Waals surface area contributed by atoms with Crippen molar-refractivity contribution in [2.45, 2.75) is 24.3 Å². The number of nitriles is 1. The van der Waals surface area contributed by atoms with Gasteiger partial charge in [0.15, 0.2) is 5.75 Å². The summed E-state index contributed by atoms with van der Waals surface area (Å²) in [5.41, 5.74) is -0.363. The van der Waals surface area contributed by atoms with E-state index < -0.39 is 22.0 Å². The van der Waals surface area contributed by atoms with Crippen LogP contribution in [0.4, 0.5) is 0 Å². The summed E-state index contributed by atoms with van der Waals surface area (Å²) in [6, 6.07) is 3.38. The molecule has 0 aliphatic rings. The first-order valence-corrected chi connectivity index (χ1v) is 7.59. The van der Waals surface area contributed by atoms with Gasteiger partial charge in [-0.1, -0.05) is 11.6 Å². The van der Waals surface area contributed by atoms with E-state index in [1.807, 2.05) is 6.07 Å². The molecule has 0 spiro atoms. The van der Waals surface area contributed by atoms with Crippen LogP contribution in [0.15, 0.2) is 17.0 Å². The number of rotatable bonds is 6. The number of sulfonamides is 1. The molecule has 0 heterocycles. The maximum atomic E-state index is 12.3. The van der Waals surface area contributed by atoms with Gasteiger partial charge in [0, 0.05) is 11.1 Å². The molecule has 0 aromatic heterocycles. The third-order valence-electron chi connectivity index (χ3n) is 2.50. The summed E-state index contributed by atoms with van der Waals surface area (Å²) in [4.78, 5) is 10.8. The van der Waals surface area contributed by atoms with Crippen molar-refractivity contribution in [3.63, 3.8) is 0 Å². The van der Waals surface area contributed by atoms with Crippen molar-refractivity contribution in [1.82, 2.24) is 4.72 Å². The fraction of sp³-hybridized carbons (Fsp3) is 0.333. The van der Waals surface area contributed by atoms with E-state index in [4.69, 9.17) is 26.7 Å². The van der Waals surface area contributed by atoms with Crippen molar-refractivity contribution in [3.05, 3.63) is 22.7 Å². The lowest BCUT2D eigenvalue weighted by atomic mass is 10.2. The Balaban J connectivity index is 3.42. The molecule has 21 heavy (non-hydrogen) atoms. The standard InChI is InChI=1S/C12H13ClN2O5S/c1-7(3-4-14)15-21(18,19)10-6-8(13)5-9(12(16)17)11(10)20-2/h5-7,15H,3H2,1-2H3,(H,16,17). The molecule has 0 aliphatic carbocycles. The molecule has 0 radical (unpaired) electrons. The summed E-state index contributed by atoms with van der Waals surface area (Å²) >= 11 is 5.76. The number of nitrogens with zero attached hydrogens (tertiary/aromatic N) is 1. The Morgan fingerprint density at radius 3 is 2.67 bits per heavy atom. The molecule has 0 fully saturated rings. The van der Waals surface area contributed by atoms with E-state index in [9.17, 15) is 13.2 Å². The van der Waals surface area contributed by atoms with E-state index >= 15 is 0 Å². The van der Waals surface area contributed by atoms with Crippen LogP contribution in [-0.2, 0) is 10.0 Å². The molecule has 1 aromatic rings. The van der Waals surface area contributed by atoms with E-state index in [0.717, 1.165) is 19.2 Å². The first kappa shape index (κ1) is 17.2. The maximum Gasteiger partial charge on any atom is 0.339 e. The Morgan fingerprint density at radius 1 is 1.57 bits per heavy atom. The molecule has 9 heteroatoms. The highest BCUT2D eigenvalue weighted by molar-refractivity contribution is 7.89. The minimum atomic E-state index is -4.08. The molecule has 1 atom stereocenters. The second-order valence-electron chi connectivity index (χ2n) is 4.17. The van der Waals surface area contributed by atoms with Gasteiger partial charge in [0.25, 0.3) is 0 Å². The molecule has 0 saturated carbocycles. The van der Waals surface area contributed by atoms with E-state index in [1.165, 1.54) is 6.92 Å². The zero-order chi connectivity index (χ0) is 16.2. The van der Waals surface area contributed by atoms with Crippen LogP contribution in [0.25, 0.3) is 0 Å². The van der Waals surface area contributed by atoms with Crippen molar-refractivity contribution in [2.24, 2.45) is 0 Å². The molecule has 2 N–H and O–H groups in total. The minimum Gasteiger partial charge on any atom is -0.494 e. The molecule has 0 bridgehead atoms. The predicted octanol–water partition coefficient (Wildman–Crippen LogP) is 1.63. The highest BCUT2D eigenvalue weighted by Gasteiger charge is 2.26. The number of hydrogen-bond donors (Lipinski definition) is 2. The largest absolute Gasteiger partial charge is 0.494 e. The fourth-order valence-electron chi connectivity index (χ4n) is 1.64. The number of carbonyl (C=O) groups is 1. The molecule has 0 saturated heterocycles. The number of aromatic carboxylic acids is 1. The third kappa shape index (κ3) is 4.07. The molecule has 0 amide bonds. The van der Waals surface area contributed by atoms with Gasteiger partial charge in [-0.3, -0.25) is 0 Å². The second-order valence-corrected chi connectivity index (χ2v) is 6.29. The van der Waals surface area contributed by atoms with Crippen molar-refractivity contribution in [1.29, 1.82) is 5.26 Å². The molecular weight excluding hydrogens is 320 g/mol. The lowest BCUT2D eigenvalue weighted by molar-refractivity contribution is 0.0693. The van der Waals surface area contributed by atoms with Crippen molar-refractivity contribution in [2.75, 3.05) is 7.11 Å². The zero-order valence-electron chi connectivity index (χ0n) is 11.3. The number of hydrogen-bond acceptors (Lipinski definition) is 5. The monoisotopic (exact) mass is 332 g/mol. The van der Waals surface area contributed by atoms with Crippen LogP contribution < -0.4 is 9.46 Å². The van der Waals surface area contributed by atoms with Crippen LogP contribution in [0.1, 0.15) is 23.7 Å². The van der Waals surface area contributed by atoms with Crippen LogP contribution in [0.3, 0.4) is 0 Å². The predicted molar refractivity (Wildman–Crippen MR) is 75.0 cm³/mol. The molecule has 1 rings (SSSR count). The van der Waals surface area contributed by atoms with Gasteiger partial charge < -0.3 is 9.84 Å². The Labute approximate surface area is 127 Å². The lowest BCUT2D eigenvalue weighted by Gasteiger charge is -2.15. The lowest BCUT2D eigenvalue weighted by Crippen LogP contribution is -2.32. The zero-order valence-corrected chi connectivity index (χ0v) is 12.8. The van der Waals surface area contributed by atoms with Crippen LogP contribution >= 0.6 is 11.6 Å². The number of nitrogens with one attached hydrogen (secondary N) is 1. The molecule has 1 unspecified atom stereocenters. The molecular formula is C12H13ClN2O5S. The van der Waals surface area contributed by atoms with Gasteiger partial charge in [0.2, 0.25) is 10.0 Å². The second kappa shape index (κ2) is 6.76. The topological polar surface area (TPSA) is 116 Å². The average Bonchev–Trinajstić information content (AvgIpc) is 2.37. The Bertz CT molecular complexity index is 696. The minimum absolute atomic E-state index is 0.0338. The van der Waals surface area contributed by atoms with Gasteiger partial charge in [-0.05, 0) is 19.1 Å². The van der Waals surface area contributed by atoms with Crippen LogP contribution in [0, 0.1) is 11.3 Å². The first-order chi connectivity index (χ1) is 9.72. The van der Waals surface area contributed by atoms with Crippen LogP contribution in [-0.4, -0.2) is 32.6 Å². The number of carboxylic acid groups (broad SMARTS) is 1. The Hall–Kier alpha value is -1.82. The quantitative estimate of drug-likeness (QED) is 0.817. The smallest absolute Gasteiger partial charge is 0.339 e. The van der Waals surface area contributed by atoms with Crippen molar-refractivity contribution < 1.29 is 23.1 Å². The number of carboxylic acids is 1. The summed E-state index contributed by atoms with van der Waals surface area (Å²) in [5, 5.41) is 17.6. The number of methoxy groups -OCH3 is 1. The maximum absolute atomic E-state index is 12.3. The summed E-state index contributed by atoms with van der Waals surface area (Å²) < 4.78 is 31.7. The van der Waals surface area contributed by atoms with Gasteiger partial charge in [-0.25, -0.2) is 17.9 Å². The Kier molecular flexibility index (Phi) is 5.54. The van der Waals surface area contributed by atoms with Gasteiger partial charge in [0.1, 0.15) is 10.5 Å². The molecule has 7 nitrogen and oxygen atoms in total. The van der Waals surface area contributed by atoms with Gasteiger partial charge in [-0.15, -0.1) is 0 Å². The first-order valence-electron chi connectivity index (χ1n) is 5.73. The number of ether oxygens (including phenoxy) is 1. The Morgan fingerprint density at radius 2 is 2.19 bits per heavy atom. The summed E-state index contributed by atoms with van der Waals surface area (Å²) in [5.74, 6) is -1.68. The van der Waals surface area contributed by atoms with Crippen LogP contribution in [0.2, 0.25) is 5.02 Å². The van der Waals surface area contributed by atoms with Gasteiger partial charge in [-0.2, -0.15) is 5.26 Å². The summed E-state index contributed by atoms with van der Waals surface area (Å²) in [6.07, 6.45) is -0.0338. The SMILES string of the molecule is COc1c(C(=O)O)cc(Cl)cc1S(=O)(=O)NC(C)CC#N. The summed E-state index contributed by atoms with van der Waals surface area (Å²) in [6.45, 7) is 1.51. The van der Waals surface area contributed by atoms with E-state index in [1.54, 1.807) is 0 Å². The molecule has 114 valence electrons. The van der Waals surface area contributed by atoms with Crippen LogP contribution in [0.5, 0.6) is 5.75 Å². The average molecular weight is 333 g/mol. The summed E-state index contributed by atoms with van der Waals surface area (Å²) in [7, 11) is -2.92. The van der Waals surface area contributed by atoms with E-state index in [-0.39, 0.29) is 27.7 Å². The third-order valence-corrected chi connectivity index (χ3v) is 4.31. The molecule has 1 aromatic carbocycles. The van der Waals surface area contributed by atoms with Gasteiger partial charge >= 0.3 is 5.97 Å². The highest BCUT2D eigenvalue weighted by Crippen LogP contribution is 2.32. The number of halogens is 1. The molecule has 0 aliphatic heterocycles. The van der Waals surface area contributed by atoms with E-state index in [2.05, 4.69) is 4.72 Å². The highest BCUT2D eigenvalue weighted by atomic mass is 35.5. The van der Waals surface area contributed by atoms with Crippen molar-refractivity contribution >= 4 is 27.6 Å². The van der Waals surface area contributed by atoms with E-state index in [0.29, 0.717) is 0 Å². The number of benzene rings is 1. The normalized spacial score (nSPS) is 12.5.